The van der Waals surface area contributed by atoms with Gasteiger partial charge in [-0.15, -0.1) is 0 Å². The van der Waals surface area contributed by atoms with Gasteiger partial charge in [-0.25, -0.2) is 9.37 Å². The second-order valence-electron chi connectivity index (χ2n) is 6.86. The summed E-state index contributed by atoms with van der Waals surface area (Å²) in [4.78, 5) is 23.9. The number of carbonyl (C=O) groups is 1. The highest BCUT2D eigenvalue weighted by molar-refractivity contribution is 7.22. The summed E-state index contributed by atoms with van der Waals surface area (Å²) >= 11 is 1.30. The molecule has 6 heteroatoms. The molecule has 3 aromatic carbocycles. The first-order chi connectivity index (χ1) is 14.7. The average Bonchev–Trinajstić information content (AvgIpc) is 3.23. The number of anilines is 1. The van der Waals surface area contributed by atoms with Crippen molar-refractivity contribution >= 4 is 43.4 Å². The van der Waals surface area contributed by atoms with Gasteiger partial charge in [-0.3, -0.25) is 14.7 Å². The third-order valence-corrected chi connectivity index (χ3v) is 5.96. The van der Waals surface area contributed by atoms with Crippen LogP contribution in [-0.4, -0.2) is 15.9 Å². The van der Waals surface area contributed by atoms with Crippen LogP contribution < -0.4 is 4.90 Å². The van der Waals surface area contributed by atoms with E-state index in [0.29, 0.717) is 15.4 Å². The minimum atomic E-state index is -0.395. The molecule has 2 heterocycles. The van der Waals surface area contributed by atoms with E-state index in [2.05, 4.69) is 9.97 Å². The van der Waals surface area contributed by atoms with Gasteiger partial charge in [-0.1, -0.05) is 59.9 Å². The summed E-state index contributed by atoms with van der Waals surface area (Å²) in [6, 6.07) is 22.0. The summed E-state index contributed by atoms with van der Waals surface area (Å²) in [6.45, 7) is 0.289. The molecule has 0 aliphatic carbocycles. The van der Waals surface area contributed by atoms with E-state index in [1.54, 1.807) is 23.4 Å². The number of para-hydroxylation sites is 1. The van der Waals surface area contributed by atoms with Crippen LogP contribution in [0.3, 0.4) is 0 Å². The maximum atomic E-state index is 14.3. The molecule has 0 aliphatic rings. The lowest BCUT2D eigenvalue weighted by molar-refractivity contribution is 0.0986. The average molecular weight is 413 g/mol. The molecule has 146 valence electrons. The highest BCUT2D eigenvalue weighted by Crippen LogP contribution is 2.33. The molecular formula is C24H16FN3OS. The monoisotopic (exact) mass is 413 g/mol. The Balaban J connectivity index is 1.65. The third-order valence-electron chi connectivity index (χ3n) is 4.92. The minimum absolute atomic E-state index is 0.185. The maximum absolute atomic E-state index is 14.3. The molecule has 0 spiro atoms. The summed E-state index contributed by atoms with van der Waals surface area (Å²) in [7, 11) is 0. The second-order valence-corrected chi connectivity index (χ2v) is 7.87. The molecule has 0 aliphatic heterocycles. The van der Waals surface area contributed by atoms with E-state index >= 15 is 0 Å². The van der Waals surface area contributed by atoms with E-state index < -0.39 is 5.82 Å². The lowest BCUT2D eigenvalue weighted by Gasteiger charge is -2.21. The van der Waals surface area contributed by atoms with Gasteiger partial charge in [0.2, 0.25) is 0 Å². The summed E-state index contributed by atoms with van der Waals surface area (Å²) in [5.74, 6) is -0.580. The fourth-order valence-corrected chi connectivity index (χ4v) is 4.45. The quantitative estimate of drug-likeness (QED) is 0.372. The fraction of sp³-hybridized carbons (Fsp3) is 0.0417. The maximum Gasteiger partial charge on any atom is 0.261 e. The Labute approximate surface area is 176 Å². The number of halogens is 1. The number of carbonyl (C=O) groups excluding carboxylic acids is 1. The number of pyridine rings is 1. The van der Waals surface area contributed by atoms with Crippen molar-refractivity contribution in [3.8, 4) is 0 Å². The van der Waals surface area contributed by atoms with Gasteiger partial charge in [0.1, 0.15) is 11.3 Å². The van der Waals surface area contributed by atoms with Crippen molar-refractivity contribution in [2.75, 3.05) is 4.90 Å². The van der Waals surface area contributed by atoms with Crippen LogP contribution >= 0.6 is 11.3 Å². The van der Waals surface area contributed by atoms with E-state index in [1.165, 1.54) is 17.4 Å². The van der Waals surface area contributed by atoms with Gasteiger partial charge in [-0.05, 0) is 40.6 Å². The number of nitrogens with zero attached hydrogens (tertiary/aromatic N) is 3. The molecular weight excluding hydrogens is 397 g/mol. The lowest BCUT2D eigenvalue weighted by atomic mass is 10.0. The molecule has 1 amide bonds. The summed E-state index contributed by atoms with van der Waals surface area (Å²) in [5.41, 5.74) is 1.72. The molecule has 0 N–H and O–H groups in total. The normalized spacial score (nSPS) is 11.1. The molecule has 0 bridgehead atoms. The van der Waals surface area contributed by atoms with Gasteiger partial charge >= 0.3 is 0 Å². The van der Waals surface area contributed by atoms with Crippen molar-refractivity contribution in [3.63, 3.8) is 0 Å². The summed E-state index contributed by atoms with van der Waals surface area (Å²) < 4.78 is 15.0. The molecule has 30 heavy (non-hydrogen) atoms. The van der Waals surface area contributed by atoms with Gasteiger partial charge in [0.25, 0.3) is 5.91 Å². The van der Waals surface area contributed by atoms with Crippen molar-refractivity contribution in [3.05, 3.63) is 102 Å². The second kappa shape index (κ2) is 7.65. The van der Waals surface area contributed by atoms with Crippen LogP contribution in [0, 0.1) is 5.82 Å². The van der Waals surface area contributed by atoms with Gasteiger partial charge in [0.05, 0.1) is 11.2 Å². The predicted octanol–water partition coefficient (Wildman–Crippen LogP) is 5.83. The Hall–Kier alpha value is -3.64. The minimum Gasteiger partial charge on any atom is -0.279 e. The highest BCUT2D eigenvalue weighted by Gasteiger charge is 2.24. The molecule has 0 radical (unpaired) electrons. The summed E-state index contributed by atoms with van der Waals surface area (Å²) in [5, 5.41) is 2.31. The fourth-order valence-electron chi connectivity index (χ4n) is 3.48. The van der Waals surface area contributed by atoms with Crippen molar-refractivity contribution in [2.24, 2.45) is 0 Å². The first-order valence-electron chi connectivity index (χ1n) is 9.44. The van der Waals surface area contributed by atoms with Gasteiger partial charge in [0, 0.05) is 18.0 Å². The van der Waals surface area contributed by atoms with E-state index in [-0.39, 0.29) is 18.0 Å². The first-order valence-corrected chi connectivity index (χ1v) is 10.3. The van der Waals surface area contributed by atoms with Crippen LogP contribution in [0.5, 0.6) is 0 Å². The standard InChI is InChI=1S/C24H16FN3OS/c25-20-11-4-12-21-22(20)27-24(30-21)28(15-16-6-5-13-26-14-16)23(29)19-10-3-8-17-7-1-2-9-18(17)19/h1-14H,15H2. The number of amides is 1. The van der Waals surface area contributed by atoms with Crippen LogP contribution in [0.15, 0.2) is 85.2 Å². The van der Waals surface area contributed by atoms with E-state index in [9.17, 15) is 9.18 Å². The molecule has 2 aromatic heterocycles. The van der Waals surface area contributed by atoms with E-state index in [0.717, 1.165) is 16.3 Å². The van der Waals surface area contributed by atoms with E-state index in [4.69, 9.17) is 0 Å². The number of rotatable bonds is 4. The van der Waals surface area contributed by atoms with Crippen LogP contribution in [-0.2, 0) is 6.54 Å². The number of aromatic nitrogens is 2. The molecule has 0 saturated carbocycles. The van der Waals surface area contributed by atoms with Gasteiger partial charge in [0.15, 0.2) is 5.13 Å². The predicted molar refractivity (Wildman–Crippen MR) is 118 cm³/mol. The number of hydrogen-bond donors (Lipinski definition) is 0. The first kappa shape index (κ1) is 18.4. The van der Waals surface area contributed by atoms with Gasteiger partial charge in [-0.2, -0.15) is 0 Å². The van der Waals surface area contributed by atoms with Crippen LogP contribution in [0.4, 0.5) is 9.52 Å². The number of fused-ring (bicyclic) bond motifs is 2. The Morgan fingerprint density at radius 1 is 0.967 bits per heavy atom. The third kappa shape index (κ3) is 3.31. The number of thiazole rings is 1. The van der Waals surface area contributed by atoms with Crippen LogP contribution in [0.2, 0.25) is 0 Å². The van der Waals surface area contributed by atoms with E-state index in [1.807, 2.05) is 60.7 Å². The Morgan fingerprint density at radius 2 is 1.80 bits per heavy atom. The Bertz CT molecular complexity index is 1360. The highest BCUT2D eigenvalue weighted by atomic mass is 32.1. The Kier molecular flexibility index (Phi) is 4.69. The largest absolute Gasteiger partial charge is 0.279 e. The van der Waals surface area contributed by atoms with Crippen molar-refractivity contribution in [1.29, 1.82) is 0 Å². The van der Waals surface area contributed by atoms with Gasteiger partial charge < -0.3 is 0 Å². The molecule has 0 fully saturated rings. The molecule has 5 aromatic rings. The molecule has 4 nitrogen and oxygen atoms in total. The van der Waals surface area contributed by atoms with Crippen molar-refractivity contribution in [2.45, 2.75) is 6.54 Å². The van der Waals surface area contributed by atoms with Crippen LogP contribution in [0.1, 0.15) is 15.9 Å². The van der Waals surface area contributed by atoms with Crippen molar-refractivity contribution < 1.29 is 9.18 Å². The zero-order valence-electron chi connectivity index (χ0n) is 15.8. The zero-order valence-corrected chi connectivity index (χ0v) is 16.6. The SMILES string of the molecule is O=C(c1cccc2ccccc12)N(Cc1cccnc1)c1nc2c(F)cccc2s1. The Morgan fingerprint density at radius 3 is 2.63 bits per heavy atom. The molecule has 0 saturated heterocycles. The van der Waals surface area contributed by atoms with Crippen LogP contribution in [0.25, 0.3) is 21.0 Å². The molecule has 0 atom stereocenters. The van der Waals surface area contributed by atoms with Crippen molar-refractivity contribution in [1.82, 2.24) is 9.97 Å². The number of benzene rings is 3. The molecule has 5 rings (SSSR count). The number of hydrogen-bond acceptors (Lipinski definition) is 4. The smallest absolute Gasteiger partial charge is 0.261 e. The topological polar surface area (TPSA) is 46.1 Å². The summed E-state index contributed by atoms with van der Waals surface area (Å²) in [6.07, 6.45) is 3.41. The zero-order chi connectivity index (χ0) is 20.5. The lowest BCUT2D eigenvalue weighted by Crippen LogP contribution is -2.30. The molecule has 0 unspecified atom stereocenters.